The van der Waals surface area contributed by atoms with E-state index in [4.69, 9.17) is 16.9 Å². The second-order valence-electron chi connectivity index (χ2n) is 4.67. The maximum atomic E-state index is 8.83. The molecular formula is C17H17ClN2. The molecule has 0 aliphatic heterocycles. The molecule has 0 radical (unpaired) electrons. The number of benzene rings is 2. The molecule has 0 spiro atoms. The highest BCUT2D eigenvalue weighted by Crippen LogP contribution is 2.20. The summed E-state index contributed by atoms with van der Waals surface area (Å²) in [6.07, 6.45) is 1.01. The molecule has 3 heteroatoms. The summed E-state index contributed by atoms with van der Waals surface area (Å²) >= 11 is 6.19. The summed E-state index contributed by atoms with van der Waals surface area (Å²) in [6, 6.07) is 18.2. The predicted molar refractivity (Wildman–Crippen MR) is 82.5 cm³/mol. The number of nitriles is 1. The van der Waals surface area contributed by atoms with Gasteiger partial charge in [-0.05, 0) is 29.7 Å². The van der Waals surface area contributed by atoms with Crippen molar-refractivity contribution in [1.29, 1.82) is 5.26 Å². The average Bonchev–Trinajstić information content (AvgIpc) is 2.50. The largest absolute Gasteiger partial charge is 0.306 e. The van der Waals surface area contributed by atoms with Crippen LogP contribution in [0, 0.1) is 11.3 Å². The highest BCUT2D eigenvalue weighted by molar-refractivity contribution is 6.31. The number of nitrogens with zero attached hydrogens (tertiary/aromatic N) is 1. The van der Waals surface area contributed by atoms with Gasteiger partial charge in [-0.3, -0.25) is 0 Å². The summed E-state index contributed by atoms with van der Waals surface area (Å²) in [5.74, 6) is 0. The molecule has 0 amide bonds. The smallest absolute Gasteiger partial charge is 0.0992 e. The van der Waals surface area contributed by atoms with Crippen LogP contribution in [-0.2, 0) is 6.54 Å². The topological polar surface area (TPSA) is 35.8 Å². The van der Waals surface area contributed by atoms with Gasteiger partial charge in [0.2, 0.25) is 0 Å². The van der Waals surface area contributed by atoms with Crippen LogP contribution >= 0.6 is 11.6 Å². The van der Waals surface area contributed by atoms with Crippen molar-refractivity contribution in [3.8, 4) is 6.07 Å². The molecule has 0 fully saturated rings. The van der Waals surface area contributed by atoms with Crippen molar-refractivity contribution in [3.63, 3.8) is 0 Å². The van der Waals surface area contributed by atoms with E-state index in [1.165, 1.54) is 5.56 Å². The van der Waals surface area contributed by atoms with Crippen molar-refractivity contribution in [1.82, 2.24) is 5.32 Å². The third-order valence-electron chi connectivity index (χ3n) is 3.33. The summed E-state index contributed by atoms with van der Waals surface area (Å²) < 4.78 is 0. The fraction of sp³-hybridized carbons (Fsp3) is 0.235. The van der Waals surface area contributed by atoms with E-state index in [-0.39, 0.29) is 0 Å². The van der Waals surface area contributed by atoms with Gasteiger partial charge in [-0.2, -0.15) is 5.26 Å². The van der Waals surface area contributed by atoms with Crippen LogP contribution in [0.2, 0.25) is 5.02 Å². The lowest BCUT2D eigenvalue weighted by molar-refractivity contribution is 0.519. The minimum absolute atomic E-state index is 0.308. The highest BCUT2D eigenvalue weighted by atomic mass is 35.5. The summed E-state index contributed by atoms with van der Waals surface area (Å²) in [4.78, 5) is 0. The van der Waals surface area contributed by atoms with Gasteiger partial charge in [-0.15, -0.1) is 0 Å². The first-order valence-electron chi connectivity index (χ1n) is 6.71. The van der Waals surface area contributed by atoms with Crippen molar-refractivity contribution < 1.29 is 0 Å². The van der Waals surface area contributed by atoms with E-state index in [2.05, 4.69) is 30.4 Å². The van der Waals surface area contributed by atoms with Crippen molar-refractivity contribution in [2.24, 2.45) is 0 Å². The third-order valence-corrected chi connectivity index (χ3v) is 3.68. The van der Waals surface area contributed by atoms with Crippen LogP contribution in [0.1, 0.15) is 36.1 Å². The Morgan fingerprint density at radius 2 is 1.95 bits per heavy atom. The molecule has 2 aromatic rings. The first-order chi connectivity index (χ1) is 9.74. The van der Waals surface area contributed by atoms with E-state index < -0.39 is 0 Å². The second kappa shape index (κ2) is 7.09. The monoisotopic (exact) mass is 284 g/mol. The molecule has 1 atom stereocenters. The normalized spacial score (nSPS) is 11.8. The van der Waals surface area contributed by atoms with E-state index in [1.807, 2.05) is 24.3 Å². The van der Waals surface area contributed by atoms with Gasteiger partial charge >= 0.3 is 0 Å². The van der Waals surface area contributed by atoms with Crippen LogP contribution in [0.5, 0.6) is 0 Å². The molecular weight excluding hydrogens is 268 g/mol. The van der Waals surface area contributed by atoms with Gasteiger partial charge in [0.1, 0.15) is 0 Å². The van der Waals surface area contributed by atoms with Crippen LogP contribution in [-0.4, -0.2) is 0 Å². The number of rotatable bonds is 5. The molecule has 102 valence electrons. The summed E-state index contributed by atoms with van der Waals surface area (Å²) in [5, 5.41) is 13.0. The first kappa shape index (κ1) is 14.6. The van der Waals surface area contributed by atoms with Crippen molar-refractivity contribution in [2.45, 2.75) is 25.9 Å². The van der Waals surface area contributed by atoms with E-state index in [0.717, 1.165) is 12.0 Å². The molecule has 2 aromatic carbocycles. The predicted octanol–water partition coefficient (Wildman–Crippen LogP) is 4.45. The zero-order chi connectivity index (χ0) is 14.4. The molecule has 0 saturated heterocycles. The minimum atomic E-state index is 0.308. The lowest BCUT2D eigenvalue weighted by Crippen LogP contribution is -2.20. The molecule has 2 nitrogen and oxygen atoms in total. The molecule has 0 heterocycles. The number of halogens is 1. The molecule has 1 N–H and O–H groups in total. The molecule has 2 rings (SSSR count). The number of hydrogen-bond acceptors (Lipinski definition) is 2. The second-order valence-corrected chi connectivity index (χ2v) is 5.08. The molecule has 0 aromatic heterocycles. The SMILES string of the molecule is CCC(NCc1ccc(C#N)cc1Cl)c1ccccc1. The van der Waals surface area contributed by atoms with Crippen molar-refractivity contribution in [2.75, 3.05) is 0 Å². The molecule has 0 bridgehead atoms. The van der Waals surface area contributed by atoms with Gasteiger partial charge in [0, 0.05) is 17.6 Å². The van der Waals surface area contributed by atoms with Crippen LogP contribution in [0.3, 0.4) is 0 Å². The quantitative estimate of drug-likeness (QED) is 0.880. The van der Waals surface area contributed by atoms with Crippen LogP contribution in [0.4, 0.5) is 0 Å². The average molecular weight is 285 g/mol. The first-order valence-corrected chi connectivity index (χ1v) is 7.09. The zero-order valence-corrected chi connectivity index (χ0v) is 12.2. The van der Waals surface area contributed by atoms with E-state index in [1.54, 1.807) is 12.1 Å². The Bertz CT molecular complexity index is 602. The van der Waals surface area contributed by atoms with Gasteiger partial charge in [-0.25, -0.2) is 0 Å². The standard InChI is InChI=1S/C17H17ClN2/c1-2-17(14-6-4-3-5-7-14)20-12-15-9-8-13(11-19)10-16(15)18/h3-10,17,20H,2,12H2,1H3. The lowest BCUT2D eigenvalue weighted by atomic mass is 10.0. The Labute approximate surface area is 125 Å². The fourth-order valence-electron chi connectivity index (χ4n) is 2.18. The van der Waals surface area contributed by atoms with Gasteiger partial charge in [0.15, 0.2) is 0 Å². The molecule has 0 aliphatic carbocycles. The Balaban J connectivity index is 2.06. The lowest BCUT2D eigenvalue weighted by Gasteiger charge is -2.18. The van der Waals surface area contributed by atoms with Crippen molar-refractivity contribution in [3.05, 3.63) is 70.2 Å². The van der Waals surface area contributed by atoms with Gasteiger partial charge in [0.05, 0.1) is 11.6 Å². The van der Waals surface area contributed by atoms with E-state index >= 15 is 0 Å². The summed E-state index contributed by atoms with van der Waals surface area (Å²) in [6.45, 7) is 2.85. The van der Waals surface area contributed by atoms with Gasteiger partial charge in [0.25, 0.3) is 0 Å². The Morgan fingerprint density at radius 3 is 2.55 bits per heavy atom. The molecule has 0 aliphatic rings. The van der Waals surface area contributed by atoms with Crippen LogP contribution < -0.4 is 5.32 Å². The highest BCUT2D eigenvalue weighted by Gasteiger charge is 2.09. The Kier molecular flexibility index (Phi) is 5.17. The fourth-order valence-corrected chi connectivity index (χ4v) is 2.42. The number of hydrogen-bond donors (Lipinski definition) is 1. The van der Waals surface area contributed by atoms with E-state index in [9.17, 15) is 0 Å². The van der Waals surface area contributed by atoms with Gasteiger partial charge < -0.3 is 5.32 Å². The van der Waals surface area contributed by atoms with Gasteiger partial charge in [-0.1, -0.05) is 54.9 Å². The summed E-state index contributed by atoms with van der Waals surface area (Å²) in [5.41, 5.74) is 2.88. The zero-order valence-electron chi connectivity index (χ0n) is 11.4. The molecule has 0 saturated carbocycles. The Morgan fingerprint density at radius 1 is 1.20 bits per heavy atom. The third kappa shape index (κ3) is 3.60. The Hall–Kier alpha value is -1.82. The van der Waals surface area contributed by atoms with Crippen LogP contribution in [0.15, 0.2) is 48.5 Å². The van der Waals surface area contributed by atoms with Crippen molar-refractivity contribution >= 4 is 11.6 Å². The molecule has 1 unspecified atom stereocenters. The maximum absolute atomic E-state index is 8.83. The number of nitrogens with one attached hydrogen (secondary N) is 1. The molecule has 20 heavy (non-hydrogen) atoms. The maximum Gasteiger partial charge on any atom is 0.0992 e. The minimum Gasteiger partial charge on any atom is -0.306 e. The van der Waals surface area contributed by atoms with Crippen LogP contribution in [0.25, 0.3) is 0 Å². The summed E-state index contributed by atoms with van der Waals surface area (Å²) in [7, 11) is 0. The van der Waals surface area contributed by atoms with E-state index in [0.29, 0.717) is 23.2 Å².